The molecule has 0 saturated carbocycles. The van der Waals surface area contributed by atoms with Gasteiger partial charge in [-0.05, 0) is 67.4 Å². The van der Waals surface area contributed by atoms with Gasteiger partial charge < -0.3 is 0 Å². The first kappa shape index (κ1) is 23.0. The monoisotopic (exact) mass is 503 g/mol. The van der Waals surface area contributed by atoms with Crippen molar-refractivity contribution in [3.8, 4) is 22.9 Å². The second kappa shape index (κ2) is 8.29. The second-order valence-corrected chi connectivity index (χ2v) is 10.2. The molecule has 7 heteroatoms. The van der Waals surface area contributed by atoms with Gasteiger partial charge in [0.25, 0.3) is 0 Å². The van der Waals surface area contributed by atoms with E-state index in [-0.39, 0.29) is 5.69 Å². The van der Waals surface area contributed by atoms with Gasteiger partial charge in [-0.3, -0.25) is 19.1 Å². The molecule has 0 aliphatic rings. The van der Waals surface area contributed by atoms with Gasteiger partial charge in [-0.15, -0.1) is 0 Å². The van der Waals surface area contributed by atoms with E-state index < -0.39 is 5.41 Å². The first-order chi connectivity index (χ1) is 17.8. The third-order valence-corrected chi connectivity index (χ3v) is 7.22. The number of hydrogen-bond acceptors (Lipinski definition) is 4. The Morgan fingerprint density at radius 3 is 2.41 bits per heavy atom. The summed E-state index contributed by atoms with van der Waals surface area (Å²) in [4.78, 5) is 22.7. The number of benzene rings is 3. The highest BCUT2D eigenvalue weighted by Gasteiger charge is 2.21. The van der Waals surface area contributed by atoms with E-state index in [4.69, 9.17) is 11.6 Å². The van der Waals surface area contributed by atoms with Crippen LogP contribution in [-0.2, 0) is 12.5 Å². The summed E-state index contributed by atoms with van der Waals surface area (Å²) in [6.07, 6.45) is 3.57. The molecule has 0 spiro atoms. The van der Waals surface area contributed by atoms with Gasteiger partial charge in [0.1, 0.15) is 0 Å². The summed E-state index contributed by atoms with van der Waals surface area (Å²) < 4.78 is 3.33. The standard InChI is InChI=1S/C30H22ClN5O/c1-30(2,17-32)21-6-9-23(10-7-21)36-28-24-13-18(5-11-25(24)34-16-27(28)35(3)29(36)37)20-12-19-4-8-22(31)14-26(19)33-15-20/h4-16H,1-3H3. The first-order valence-corrected chi connectivity index (χ1v) is 12.2. The number of rotatable bonds is 3. The Kier molecular flexibility index (Phi) is 5.15. The van der Waals surface area contributed by atoms with Crippen molar-refractivity contribution in [1.82, 2.24) is 19.1 Å². The van der Waals surface area contributed by atoms with E-state index in [9.17, 15) is 10.1 Å². The SMILES string of the molecule is Cn1c(=O)n(-c2ccc(C(C)(C)C#N)cc2)c2c3cc(-c4cnc5cc(Cl)ccc5c4)ccc3ncc21. The molecule has 0 aliphatic carbocycles. The molecule has 0 radical (unpaired) electrons. The van der Waals surface area contributed by atoms with E-state index in [0.717, 1.165) is 55.2 Å². The van der Waals surface area contributed by atoms with Crippen molar-refractivity contribution in [2.75, 3.05) is 0 Å². The molecular weight excluding hydrogens is 482 g/mol. The highest BCUT2D eigenvalue weighted by Crippen LogP contribution is 2.31. The van der Waals surface area contributed by atoms with Gasteiger partial charge >= 0.3 is 5.69 Å². The lowest BCUT2D eigenvalue weighted by molar-refractivity contribution is 0.686. The van der Waals surface area contributed by atoms with Gasteiger partial charge in [0.05, 0.1) is 45.4 Å². The Labute approximate surface area is 218 Å². The van der Waals surface area contributed by atoms with Crippen LogP contribution in [-0.4, -0.2) is 19.1 Å². The van der Waals surface area contributed by atoms with Gasteiger partial charge in [0, 0.05) is 34.6 Å². The normalized spacial score (nSPS) is 11.9. The Hall–Kier alpha value is -4.47. The topological polar surface area (TPSA) is 76.5 Å². The predicted molar refractivity (Wildman–Crippen MR) is 148 cm³/mol. The van der Waals surface area contributed by atoms with E-state index in [1.165, 1.54) is 0 Å². The molecule has 0 fully saturated rings. The van der Waals surface area contributed by atoms with Crippen molar-refractivity contribution in [2.45, 2.75) is 19.3 Å². The van der Waals surface area contributed by atoms with E-state index in [1.54, 1.807) is 22.4 Å². The lowest BCUT2D eigenvalue weighted by Crippen LogP contribution is -2.21. The van der Waals surface area contributed by atoms with Crippen molar-refractivity contribution in [1.29, 1.82) is 5.26 Å². The van der Waals surface area contributed by atoms with Crippen LogP contribution in [0.5, 0.6) is 0 Å². The zero-order chi connectivity index (χ0) is 25.9. The molecule has 3 aromatic heterocycles. The third-order valence-electron chi connectivity index (χ3n) is 6.99. The molecule has 0 amide bonds. The number of pyridine rings is 2. The number of nitriles is 1. The summed E-state index contributed by atoms with van der Waals surface area (Å²) in [5, 5.41) is 12.0. The molecule has 37 heavy (non-hydrogen) atoms. The van der Waals surface area contributed by atoms with Crippen LogP contribution in [0.4, 0.5) is 0 Å². The van der Waals surface area contributed by atoms with Crippen LogP contribution in [0.25, 0.3) is 49.7 Å². The fraction of sp³-hybridized carbons (Fsp3) is 0.133. The zero-order valence-electron chi connectivity index (χ0n) is 20.5. The molecule has 6 nitrogen and oxygen atoms in total. The maximum atomic E-state index is 13.4. The minimum Gasteiger partial charge on any atom is -0.293 e. The van der Waals surface area contributed by atoms with E-state index in [1.807, 2.05) is 74.6 Å². The summed E-state index contributed by atoms with van der Waals surface area (Å²) in [7, 11) is 1.75. The van der Waals surface area contributed by atoms with Crippen LogP contribution in [0, 0.1) is 11.3 Å². The van der Waals surface area contributed by atoms with E-state index in [0.29, 0.717) is 5.02 Å². The molecule has 0 aliphatic heterocycles. The van der Waals surface area contributed by atoms with E-state index >= 15 is 0 Å². The van der Waals surface area contributed by atoms with Crippen molar-refractivity contribution >= 4 is 44.4 Å². The van der Waals surface area contributed by atoms with Crippen molar-refractivity contribution in [2.24, 2.45) is 7.05 Å². The molecule has 6 rings (SSSR count). The van der Waals surface area contributed by atoms with Gasteiger partial charge in [0.2, 0.25) is 0 Å². The number of halogens is 1. The molecule has 0 saturated heterocycles. The Morgan fingerprint density at radius 1 is 0.892 bits per heavy atom. The number of aryl methyl sites for hydroxylation is 1. The summed E-state index contributed by atoms with van der Waals surface area (Å²) in [6, 6.07) is 23.7. The minimum absolute atomic E-state index is 0.161. The maximum Gasteiger partial charge on any atom is 0.333 e. The fourth-order valence-electron chi connectivity index (χ4n) is 4.76. The minimum atomic E-state index is -0.618. The molecule has 3 heterocycles. The molecule has 0 atom stereocenters. The largest absolute Gasteiger partial charge is 0.333 e. The number of nitrogens with zero attached hydrogens (tertiary/aromatic N) is 5. The van der Waals surface area contributed by atoms with Gasteiger partial charge in [-0.2, -0.15) is 5.26 Å². The smallest absolute Gasteiger partial charge is 0.293 e. The molecule has 0 bridgehead atoms. The predicted octanol–water partition coefficient (Wildman–Crippen LogP) is 6.55. The Bertz CT molecular complexity index is 1960. The highest BCUT2D eigenvalue weighted by molar-refractivity contribution is 6.31. The quantitative estimate of drug-likeness (QED) is 0.274. The Morgan fingerprint density at radius 2 is 1.65 bits per heavy atom. The summed E-state index contributed by atoms with van der Waals surface area (Å²) in [6.45, 7) is 3.76. The van der Waals surface area contributed by atoms with Crippen molar-refractivity contribution < 1.29 is 0 Å². The lowest BCUT2D eigenvalue weighted by Gasteiger charge is -2.16. The molecular formula is C30H22ClN5O. The molecule has 3 aromatic carbocycles. The average Bonchev–Trinajstić information content (AvgIpc) is 3.18. The number of aromatic nitrogens is 4. The van der Waals surface area contributed by atoms with Gasteiger partial charge in [-0.25, -0.2) is 4.79 Å². The van der Waals surface area contributed by atoms with Crippen molar-refractivity contribution in [3.05, 3.63) is 100 Å². The number of imidazole rings is 1. The lowest BCUT2D eigenvalue weighted by atomic mass is 9.86. The third kappa shape index (κ3) is 3.67. The van der Waals surface area contributed by atoms with Crippen LogP contribution in [0.15, 0.2) is 83.9 Å². The molecule has 0 unspecified atom stereocenters. The molecule has 0 N–H and O–H groups in total. The van der Waals surface area contributed by atoms with Gasteiger partial charge in [-0.1, -0.05) is 35.9 Å². The first-order valence-electron chi connectivity index (χ1n) is 11.8. The summed E-state index contributed by atoms with van der Waals surface area (Å²) in [5.74, 6) is 0. The van der Waals surface area contributed by atoms with E-state index in [2.05, 4.69) is 28.2 Å². The maximum absolute atomic E-state index is 13.4. The number of hydrogen-bond donors (Lipinski definition) is 0. The van der Waals surface area contributed by atoms with Crippen LogP contribution >= 0.6 is 11.6 Å². The highest BCUT2D eigenvalue weighted by atomic mass is 35.5. The summed E-state index contributed by atoms with van der Waals surface area (Å²) in [5.41, 5.74) is 5.93. The average molecular weight is 504 g/mol. The van der Waals surface area contributed by atoms with Gasteiger partial charge in [0.15, 0.2) is 0 Å². The molecule has 6 aromatic rings. The molecule has 180 valence electrons. The van der Waals surface area contributed by atoms with Crippen LogP contribution in [0.1, 0.15) is 19.4 Å². The van der Waals surface area contributed by atoms with Crippen molar-refractivity contribution in [3.63, 3.8) is 0 Å². The van der Waals surface area contributed by atoms with Crippen LogP contribution in [0.2, 0.25) is 5.02 Å². The van der Waals surface area contributed by atoms with Crippen LogP contribution < -0.4 is 5.69 Å². The summed E-state index contributed by atoms with van der Waals surface area (Å²) >= 11 is 6.12. The van der Waals surface area contributed by atoms with Crippen LogP contribution in [0.3, 0.4) is 0 Å². The number of fused-ring (bicyclic) bond motifs is 4. The fourth-order valence-corrected chi connectivity index (χ4v) is 4.93. The zero-order valence-corrected chi connectivity index (χ0v) is 21.3. The second-order valence-electron chi connectivity index (χ2n) is 9.75. The Balaban J connectivity index is 1.58.